The van der Waals surface area contributed by atoms with E-state index in [0.717, 1.165) is 42.4 Å². The van der Waals surface area contributed by atoms with Crippen LogP contribution in [0.2, 0.25) is 0 Å². The summed E-state index contributed by atoms with van der Waals surface area (Å²) < 4.78 is 5.48. The summed E-state index contributed by atoms with van der Waals surface area (Å²) in [6.07, 6.45) is 0. The normalized spacial score (nSPS) is 14.1. The number of ether oxygens (including phenoxy) is 1. The van der Waals surface area contributed by atoms with E-state index in [1.807, 2.05) is 24.6 Å². The molecule has 0 spiro atoms. The third-order valence-electron chi connectivity index (χ3n) is 5.65. The topological polar surface area (TPSA) is 45.7 Å². The molecule has 0 bridgehead atoms. The number of hydrogen-bond donors (Lipinski definition) is 0. The maximum absolute atomic E-state index is 13.1. The number of aromatic nitrogens is 1. The van der Waals surface area contributed by atoms with Crippen LogP contribution in [0.4, 0.5) is 5.69 Å². The van der Waals surface area contributed by atoms with Crippen LogP contribution >= 0.6 is 11.3 Å². The minimum absolute atomic E-state index is 0.0573. The van der Waals surface area contributed by atoms with Crippen molar-refractivity contribution in [3.05, 3.63) is 70.7 Å². The molecule has 1 aliphatic rings. The van der Waals surface area contributed by atoms with Crippen molar-refractivity contribution in [2.45, 2.75) is 26.3 Å². The van der Waals surface area contributed by atoms with Gasteiger partial charge in [0.25, 0.3) is 5.91 Å². The fraction of sp³-hybridized carbons (Fsp3) is 0.360. The number of rotatable bonds is 6. The highest BCUT2D eigenvalue weighted by molar-refractivity contribution is 7.13. The molecule has 1 aromatic heterocycles. The van der Waals surface area contributed by atoms with Crippen molar-refractivity contribution >= 4 is 22.9 Å². The van der Waals surface area contributed by atoms with E-state index in [4.69, 9.17) is 4.74 Å². The largest absolute Gasteiger partial charge is 0.378 e. The third-order valence-corrected chi connectivity index (χ3v) is 6.54. The second-order valence-electron chi connectivity index (χ2n) is 8.20. The number of amides is 1. The summed E-state index contributed by atoms with van der Waals surface area (Å²) in [6, 6.07) is 16.7. The van der Waals surface area contributed by atoms with Crippen LogP contribution in [0.3, 0.4) is 0 Å². The number of benzene rings is 2. The number of carbonyl (C=O) groups excluding carboxylic acids is 1. The number of para-hydroxylation sites is 1. The van der Waals surface area contributed by atoms with Gasteiger partial charge < -0.3 is 14.5 Å². The fourth-order valence-corrected chi connectivity index (χ4v) is 4.60. The zero-order valence-corrected chi connectivity index (χ0v) is 19.2. The summed E-state index contributed by atoms with van der Waals surface area (Å²) in [7, 11) is 1.84. The van der Waals surface area contributed by atoms with Gasteiger partial charge in [0.05, 0.1) is 13.2 Å². The molecule has 1 saturated heterocycles. The molecule has 0 aliphatic carbocycles. The predicted octanol–water partition coefficient (Wildman–Crippen LogP) is 5.04. The molecule has 6 heteroatoms. The predicted molar refractivity (Wildman–Crippen MR) is 127 cm³/mol. The van der Waals surface area contributed by atoms with Gasteiger partial charge in [-0.3, -0.25) is 4.79 Å². The van der Waals surface area contributed by atoms with Gasteiger partial charge in [0.15, 0.2) is 0 Å². The van der Waals surface area contributed by atoms with Crippen molar-refractivity contribution < 1.29 is 9.53 Å². The van der Waals surface area contributed by atoms with Crippen molar-refractivity contribution in [2.75, 3.05) is 38.3 Å². The molecule has 1 aliphatic heterocycles. The summed E-state index contributed by atoms with van der Waals surface area (Å²) in [4.78, 5) is 21.8. The quantitative estimate of drug-likeness (QED) is 0.544. The van der Waals surface area contributed by atoms with Gasteiger partial charge in [0.2, 0.25) is 0 Å². The first kappa shape index (κ1) is 21.5. The van der Waals surface area contributed by atoms with E-state index in [-0.39, 0.29) is 5.91 Å². The Balaban J connectivity index is 1.47. The van der Waals surface area contributed by atoms with Crippen molar-refractivity contribution in [2.24, 2.45) is 0 Å². The lowest BCUT2D eigenvalue weighted by atomic mass is 10.0. The standard InChI is InChI=1S/C25H29N3O2S/c1-18(2)19-8-10-20(11-9-19)24-26-22(17-31-24)25(29)27(3)16-21-6-4-5-7-23(21)28-12-14-30-15-13-28/h4-11,17-18H,12-16H2,1-3H3. The maximum atomic E-state index is 13.1. The molecule has 0 unspecified atom stereocenters. The van der Waals surface area contributed by atoms with Crippen molar-refractivity contribution in [1.82, 2.24) is 9.88 Å². The van der Waals surface area contributed by atoms with Crippen LogP contribution in [0, 0.1) is 0 Å². The molecule has 3 aromatic rings. The average molecular weight is 436 g/mol. The van der Waals surface area contributed by atoms with E-state index >= 15 is 0 Å². The Morgan fingerprint density at radius 2 is 1.84 bits per heavy atom. The molecule has 31 heavy (non-hydrogen) atoms. The zero-order valence-electron chi connectivity index (χ0n) is 18.4. The lowest BCUT2D eigenvalue weighted by Gasteiger charge is -2.31. The van der Waals surface area contributed by atoms with E-state index in [2.05, 4.69) is 60.1 Å². The fourth-order valence-electron chi connectivity index (χ4n) is 3.80. The second-order valence-corrected chi connectivity index (χ2v) is 9.06. The summed E-state index contributed by atoms with van der Waals surface area (Å²) in [5, 5.41) is 2.74. The minimum Gasteiger partial charge on any atom is -0.378 e. The van der Waals surface area contributed by atoms with Crippen LogP contribution < -0.4 is 4.90 Å². The Morgan fingerprint density at radius 1 is 1.13 bits per heavy atom. The molecule has 162 valence electrons. The molecule has 0 radical (unpaired) electrons. The van der Waals surface area contributed by atoms with E-state index in [9.17, 15) is 4.79 Å². The molecule has 0 saturated carbocycles. The molecular formula is C25H29N3O2S. The zero-order chi connectivity index (χ0) is 21.8. The van der Waals surface area contributed by atoms with E-state index < -0.39 is 0 Å². The monoisotopic (exact) mass is 435 g/mol. The molecule has 1 amide bonds. The number of nitrogens with zero attached hydrogens (tertiary/aromatic N) is 3. The molecule has 5 nitrogen and oxygen atoms in total. The Bertz CT molecular complexity index is 1020. The van der Waals surface area contributed by atoms with Gasteiger partial charge in [-0.2, -0.15) is 0 Å². The number of anilines is 1. The van der Waals surface area contributed by atoms with Crippen molar-refractivity contribution in [3.63, 3.8) is 0 Å². The lowest BCUT2D eigenvalue weighted by Crippen LogP contribution is -2.37. The first-order chi connectivity index (χ1) is 15.0. The van der Waals surface area contributed by atoms with Crippen LogP contribution in [-0.2, 0) is 11.3 Å². The summed E-state index contributed by atoms with van der Waals surface area (Å²) in [5.74, 6) is 0.439. The van der Waals surface area contributed by atoms with Gasteiger partial charge in [-0.1, -0.05) is 56.3 Å². The van der Waals surface area contributed by atoms with Gasteiger partial charge in [0.1, 0.15) is 10.7 Å². The van der Waals surface area contributed by atoms with Crippen molar-refractivity contribution in [3.8, 4) is 10.6 Å². The van der Waals surface area contributed by atoms with E-state index in [1.165, 1.54) is 22.6 Å². The molecule has 0 N–H and O–H groups in total. The molecular weight excluding hydrogens is 406 g/mol. The smallest absolute Gasteiger partial charge is 0.273 e. The third kappa shape index (κ3) is 4.97. The second kappa shape index (κ2) is 9.62. The highest BCUT2D eigenvalue weighted by Crippen LogP contribution is 2.27. The van der Waals surface area contributed by atoms with Crippen LogP contribution in [-0.4, -0.2) is 49.1 Å². The highest BCUT2D eigenvalue weighted by atomic mass is 32.1. The molecule has 0 atom stereocenters. The first-order valence-corrected chi connectivity index (χ1v) is 11.6. The number of morpholine rings is 1. The molecule has 4 rings (SSSR count). The summed E-state index contributed by atoms with van der Waals surface area (Å²) in [5.41, 5.74) is 5.16. The molecule has 2 aromatic carbocycles. The van der Waals surface area contributed by atoms with Gasteiger partial charge in [-0.25, -0.2) is 4.98 Å². The number of hydrogen-bond acceptors (Lipinski definition) is 5. The minimum atomic E-state index is -0.0573. The Labute approximate surface area is 188 Å². The lowest BCUT2D eigenvalue weighted by molar-refractivity contribution is 0.0780. The first-order valence-electron chi connectivity index (χ1n) is 10.7. The van der Waals surface area contributed by atoms with Gasteiger partial charge in [-0.05, 0) is 23.1 Å². The Morgan fingerprint density at radius 3 is 2.55 bits per heavy atom. The number of thiazole rings is 1. The van der Waals surface area contributed by atoms with E-state index in [0.29, 0.717) is 18.2 Å². The summed E-state index contributed by atoms with van der Waals surface area (Å²) in [6.45, 7) is 8.14. The summed E-state index contributed by atoms with van der Waals surface area (Å²) >= 11 is 1.51. The average Bonchev–Trinajstić information content (AvgIpc) is 3.30. The SMILES string of the molecule is CC(C)c1ccc(-c2nc(C(=O)N(C)Cc3ccccc3N3CCOCC3)cs2)cc1. The van der Waals surface area contributed by atoms with Gasteiger partial charge >= 0.3 is 0 Å². The van der Waals surface area contributed by atoms with Crippen LogP contribution in [0.1, 0.15) is 41.4 Å². The number of carbonyl (C=O) groups is 1. The molecule has 2 heterocycles. The Kier molecular flexibility index (Phi) is 6.68. The van der Waals surface area contributed by atoms with Gasteiger partial charge in [-0.15, -0.1) is 11.3 Å². The van der Waals surface area contributed by atoms with Gasteiger partial charge in [0, 0.05) is 43.3 Å². The van der Waals surface area contributed by atoms with Crippen LogP contribution in [0.15, 0.2) is 53.9 Å². The highest BCUT2D eigenvalue weighted by Gasteiger charge is 2.20. The van der Waals surface area contributed by atoms with E-state index in [1.54, 1.807) is 4.90 Å². The maximum Gasteiger partial charge on any atom is 0.273 e. The van der Waals surface area contributed by atoms with Crippen LogP contribution in [0.5, 0.6) is 0 Å². The Hall–Kier alpha value is -2.70. The van der Waals surface area contributed by atoms with Crippen LogP contribution in [0.25, 0.3) is 10.6 Å². The van der Waals surface area contributed by atoms with Crippen molar-refractivity contribution in [1.29, 1.82) is 0 Å². The molecule has 1 fully saturated rings.